The summed E-state index contributed by atoms with van der Waals surface area (Å²) in [5.74, 6) is -1.42. The first-order chi connectivity index (χ1) is 6.09. The molecule has 0 aromatic carbocycles. The van der Waals surface area contributed by atoms with Crippen molar-refractivity contribution in [3.8, 4) is 0 Å². The summed E-state index contributed by atoms with van der Waals surface area (Å²) in [7, 11) is 0. The Hall–Kier alpha value is -0.870. The van der Waals surface area contributed by atoms with Gasteiger partial charge in [0.1, 0.15) is 0 Å². The van der Waals surface area contributed by atoms with Crippen LogP contribution in [0.25, 0.3) is 0 Å². The number of rotatable bonds is 5. The normalized spacial score (nSPS) is 20.0. The summed E-state index contributed by atoms with van der Waals surface area (Å²) >= 11 is 0. The van der Waals surface area contributed by atoms with Crippen LogP contribution in [0.15, 0.2) is 11.6 Å². The van der Waals surface area contributed by atoms with Crippen LogP contribution in [0, 0.1) is 0 Å². The molecule has 1 aliphatic rings. The molecule has 0 aromatic heterocycles. The zero-order chi connectivity index (χ0) is 9.90. The van der Waals surface area contributed by atoms with Gasteiger partial charge in [0.05, 0.1) is 0 Å². The Morgan fingerprint density at radius 1 is 1.54 bits per heavy atom. The Bertz CT molecular complexity index is 228. The molecule has 0 atom stereocenters. The first-order valence-corrected chi connectivity index (χ1v) is 4.36. The zero-order valence-electron chi connectivity index (χ0n) is 7.87. The molecular weight excluding hydrogens is 172 g/mol. The van der Waals surface area contributed by atoms with E-state index in [9.17, 15) is 4.79 Å². The minimum atomic E-state index is -0.896. The summed E-state index contributed by atoms with van der Waals surface area (Å²) < 4.78 is 0. The molecule has 1 fully saturated rings. The first-order valence-electron chi connectivity index (χ1n) is 4.36. The molecule has 0 bridgehead atoms. The maximum atomic E-state index is 10.4. The summed E-state index contributed by atoms with van der Waals surface area (Å²) in [5, 5.41) is 8.58. The van der Waals surface area contributed by atoms with Crippen LogP contribution < -0.4 is 0 Å². The molecule has 0 radical (unpaired) electrons. The summed E-state index contributed by atoms with van der Waals surface area (Å²) in [6.07, 6.45) is 3.90. The van der Waals surface area contributed by atoms with Gasteiger partial charge in [0.25, 0.3) is 0 Å². The molecule has 0 spiro atoms. The summed E-state index contributed by atoms with van der Waals surface area (Å²) in [6.45, 7) is 3.59. The van der Waals surface area contributed by atoms with E-state index in [0.717, 1.165) is 12.8 Å². The number of hydrogen-bond acceptors (Lipinski definition) is 3. The SMILES string of the molecule is CCCC1(CC=C(C)C(=O)O)OO1. The highest BCUT2D eigenvalue weighted by molar-refractivity contribution is 5.85. The van der Waals surface area contributed by atoms with Crippen molar-refractivity contribution in [2.24, 2.45) is 0 Å². The largest absolute Gasteiger partial charge is 0.478 e. The van der Waals surface area contributed by atoms with Crippen LogP contribution >= 0.6 is 0 Å². The quantitative estimate of drug-likeness (QED) is 0.404. The number of carbonyl (C=O) groups is 1. The second kappa shape index (κ2) is 3.89. The van der Waals surface area contributed by atoms with E-state index in [-0.39, 0.29) is 0 Å². The number of carboxylic acid groups (broad SMARTS) is 1. The molecule has 1 heterocycles. The third kappa shape index (κ3) is 2.82. The van der Waals surface area contributed by atoms with E-state index in [1.165, 1.54) is 0 Å². The van der Waals surface area contributed by atoms with E-state index in [1.807, 2.05) is 6.92 Å². The van der Waals surface area contributed by atoms with Crippen LogP contribution in [0.3, 0.4) is 0 Å². The van der Waals surface area contributed by atoms with Crippen LogP contribution in [0.2, 0.25) is 0 Å². The highest BCUT2D eigenvalue weighted by atomic mass is 17.4. The third-order valence-electron chi connectivity index (χ3n) is 2.01. The number of hydrogen-bond donors (Lipinski definition) is 1. The molecule has 1 N–H and O–H groups in total. The maximum Gasteiger partial charge on any atom is 0.330 e. The van der Waals surface area contributed by atoms with Crippen molar-refractivity contribution < 1.29 is 19.7 Å². The standard InChI is InChI=1S/C9H14O4/c1-3-5-9(12-13-9)6-4-7(2)8(10)11/h4H,3,5-6H2,1-2H3,(H,10,11). The Kier molecular flexibility index (Phi) is 3.06. The van der Waals surface area contributed by atoms with Gasteiger partial charge in [-0.25, -0.2) is 4.79 Å². The molecule has 74 valence electrons. The highest BCUT2D eigenvalue weighted by Gasteiger charge is 2.46. The molecule has 1 rings (SSSR count). The number of carboxylic acids is 1. The predicted molar refractivity (Wildman–Crippen MR) is 45.8 cm³/mol. The van der Waals surface area contributed by atoms with Gasteiger partial charge < -0.3 is 5.11 Å². The van der Waals surface area contributed by atoms with E-state index in [2.05, 4.69) is 0 Å². The molecular formula is C9H14O4. The molecule has 0 amide bonds. The van der Waals surface area contributed by atoms with Gasteiger partial charge in [0, 0.05) is 18.4 Å². The monoisotopic (exact) mass is 186 g/mol. The van der Waals surface area contributed by atoms with Crippen molar-refractivity contribution >= 4 is 5.97 Å². The Labute approximate surface area is 77.1 Å². The van der Waals surface area contributed by atoms with E-state index in [0.29, 0.717) is 12.0 Å². The molecule has 0 saturated carbocycles. The van der Waals surface area contributed by atoms with Gasteiger partial charge in [-0.1, -0.05) is 19.4 Å². The van der Waals surface area contributed by atoms with Crippen LogP contribution in [0.5, 0.6) is 0 Å². The van der Waals surface area contributed by atoms with Crippen LogP contribution in [-0.2, 0) is 14.6 Å². The van der Waals surface area contributed by atoms with E-state index in [4.69, 9.17) is 14.9 Å². The lowest BCUT2D eigenvalue weighted by Gasteiger charge is -2.01. The molecule has 0 aromatic rings. The lowest BCUT2D eigenvalue weighted by Crippen LogP contribution is -2.09. The maximum absolute atomic E-state index is 10.4. The molecule has 0 unspecified atom stereocenters. The molecule has 1 saturated heterocycles. The zero-order valence-corrected chi connectivity index (χ0v) is 7.87. The van der Waals surface area contributed by atoms with Gasteiger partial charge in [-0.05, 0) is 6.92 Å². The Morgan fingerprint density at radius 2 is 2.15 bits per heavy atom. The first kappa shape index (κ1) is 10.2. The smallest absolute Gasteiger partial charge is 0.330 e. The summed E-state index contributed by atoms with van der Waals surface area (Å²) in [5.41, 5.74) is 0.328. The van der Waals surface area contributed by atoms with E-state index < -0.39 is 11.8 Å². The fraction of sp³-hybridized carbons (Fsp3) is 0.667. The van der Waals surface area contributed by atoms with Gasteiger partial charge in [-0.2, -0.15) is 9.78 Å². The van der Waals surface area contributed by atoms with Crippen molar-refractivity contribution in [2.75, 3.05) is 0 Å². The predicted octanol–water partition coefficient (Wildman–Crippen LogP) is 1.87. The van der Waals surface area contributed by atoms with Crippen LogP contribution in [-0.4, -0.2) is 16.9 Å². The fourth-order valence-corrected chi connectivity index (χ4v) is 1.09. The van der Waals surface area contributed by atoms with Crippen molar-refractivity contribution in [3.05, 3.63) is 11.6 Å². The van der Waals surface area contributed by atoms with E-state index >= 15 is 0 Å². The molecule has 0 aliphatic carbocycles. The second-order valence-electron chi connectivity index (χ2n) is 3.22. The second-order valence-corrected chi connectivity index (χ2v) is 3.22. The van der Waals surface area contributed by atoms with Crippen LogP contribution in [0.1, 0.15) is 33.1 Å². The van der Waals surface area contributed by atoms with E-state index in [1.54, 1.807) is 13.0 Å². The number of aliphatic carboxylic acids is 1. The lowest BCUT2D eigenvalue weighted by molar-refractivity contribution is -0.132. The average molecular weight is 186 g/mol. The minimum Gasteiger partial charge on any atom is -0.478 e. The van der Waals surface area contributed by atoms with Gasteiger partial charge in [-0.3, -0.25) is 0 Å². The van der Waals surface area contributed by atoms with Crippen molar-refractivity contribution in [1.82, 2.24) is 0 Å². The third-order valence-corrected chi connectivity index (χ3v) is 2.01. The van der Waals surface area contributed by atoms with Crippen molar-refractivity contribution in [3.63, 3.8) is 0 Å². The highest BCUT2D eigenvalue weighted by Crippen LogP contribution is 2.38. The average Bonchev–Trinajstić information content (AvgIpc) is 2.82. The van der Waals surface area contributed by atoms with Crippen molar-refractivity contribution in [1.29, 1.82) is 0 Å². The topological polar surface area (TPSA) is 62.4 Å². The molecule has 4 nitrogen and oxygen atoms in total. The Balaban J connectivity index is 2.41. The Morgan fingerprint density at radius 3 is 2.54 bits per heavy atom. The van der Waals surface area contributed by atoms with Gasteiger partial charge in [-0.15, -0.1) is 0 Å². The minimum absolute atomic E-state index is 0.328. The summed E-state index contributed by atoms with van der Waals surface area (Å²) in [6, 6.07) is 0. The molecule has 13 heavy (non-hydrogen) atoms. The van der Waals surface area contributed by atoms with Gasteiger partial charge in [0.15, 0.2) is 0 Å². The molecule has 4 heteroatoms. The van der Waals surface area contributed by atoms with Crippen molar-refractivity contribution in [2.45, 2.75) is 38.9 Å². The fourth-order valence-electron chi connectivity index (χ4n) is 1.09. The van der Waals surface area contributed by atoms with Gasteiger partial charge in [0.2, 0.25) is 5.79 Å². The molecule has 1 aliphatic heterocycles. The summed E-state index contributed by atoms with van der Waals surface area (Å²) in [4.78, 5) is 20.1. The lowest BCUT2D eigenvalue weighted by atomic mass is 10.1. The van der Waals surface area contributed by atoms with Gasteiger partial charge >= 0.3 is 5.97 Å². The van der Waals surface area contributed by atoms with Crippen LogP contribution in [0.4, 0.5) is 0 Å².